The third kappa shape index (κ3) is 4.71. The highest BCUT2D eigenvalue weighted by Gasteiger charge is 2.45. The predicted octanol–water partition coefficient (Wildman–Crippen LogP) is 3.73. The Morgan fingerprint density at radius 3 is 2.46 bits per heavy atom. The van der Waals surface area contributed by atoms with Gasteiger partial charge in [0.1, 0.15) is 5.75 Å². The Morgan fingerprint density at radius 1 is 1.11 bits per heavy atom. The summed E-state index contributed by atoms with van der Waals surface area (Å²) < 4.78 is 6.11. The summed E-state index contributed by atoms with van der Waals surface area (Å²) in [6.07, 6.45) is 3.43. The van der Waals surface area contributed by atoms with Gasteiger partial charge in [-0.15, -0.1) is 24.8 Å². The van der Waals surface area contributed by atoms with E-state index in [0.29, 0.717) is 24.6 Å². The number of carboxylic acid groups (broad SMARTS) is 1. The molecule has 0 radical (unpaired) electrons. The van der Waals surface area contributed by atoms with Crippen LogP contribution in [0.15, 0.2) is 42.5 Å². The topological polar surface area (TPSA) is 61.8 Å². The maximum atomic E-state index is 12.1. The third-order valence-electron chi connectivity index (χ3n) is 5.82. The Morgan fingerprint density at radius 2 is 1.82 bits per heavy atom. The second-order valence-corrected chi connectivity index (χ2v) is 7.45. The van der Waals surface area contributed by atoms with Crippen LogP contribution in [0.1, 0.15) is 25.7 Å². The molecule has 4 rings (SSSR count). The molecule has 1 atom stereocenters. The molecule has 5 nitrogen and oxygen atoms in total. The number of rotatable bonds is 4. The number of ether oxygens (including phenoxy) is 1. The minimum Gasteiger partial charge on any atom is -0.478 e. The first-order valence-electron chi connectivity index (χ1n) is 9.52. The highest BCUT2D eigenvalue weighted by Crippen LogP contribution is 2.32. The maximum Gasteiger partial charge on any atom is 0.348 e. The zero-order valence-electron chi connectivity index (χ0n) is 15.8. The molecule has 7 heteroatoms. The number of benzene rings is 2. The number of carboxylic acids is 1. The first-order valence-corrected chi connectivity index (χ1v) is 9.52. The van der Waals surface area contributed by atoms with Crippen LogP contribution in [0.2, 0.25) is 0 Å². The molecule has 2 N–H and O–H groups in total. The van der Waals surface area contributed by atoms with Crippen molar-refractivity contribution in [2.75, 3.05) is 26.2 Å². The van der Waals surface area contributed by atoms with E-state index in [2.05, 4.69) is 10.2 Å². The molecule has 0 aliphatic carbocycles. The van der Waals surface area contributed by atoms with Crippen LogP contribution in [0, 0.1) is 0 Å². The molecule has 2 saturated heterocycles. The quantitative estimate of drug-likeness (QED) is 0.779. The molecule has 0 saturated carbocycles. The van der Waals surface area contributed by atoms with Crippen molar-refractivity contribution in [2.24, 2.45) is 0 Å². The van der Waals surface area contributed by atoms with Crippen LogP contribution in [0.5, 0.6) is 5.75 Å². The smallest absolute Gasteiger partial charge is 0.348 e. The van der Waals surface area contributed by atoms with Crippen molar-refractivity contribution in [2.45, 2.75) is 37.3 Å². The molecule has 2 aliphatic heterocycles. The van der Waals surface area contributed by atoms with Gasteiger partial charge in [0.25, 0.3) is 0 Å². The van der Waals surface area contributed by atoms with E-state index < -0.39 is 11.6 Å². The zero-order chi connectivity index (χ0) is 18.0. The van der Waals surface area contributed by atoms with Crippen molar-refractivity contribution in [3.63, 3.8) is 0 Å². The summed E-state index contributed by atoms with van der Waals surface area (Å²) in [7, 11) is 0. The van der Waals surface area contributed by atoms with E-state index in [4.69, 9.17) is 4.74 Å². The van der Waals surface area contributed by atoms with E-state index in [-0.39, 0.29) is 24.8 Å². The fourth-order valence-electron chi connectivity index (χ4n) is 4.21. The van der Waals surface area contributed by atoms with Crippen LogP contribution in [0.25, 0.3) is 10.8 Å². The van der Waals surface area contributed by atoms with Crippen molar-refractivity contribution in [1.29, 1.82) is 0 Å². The number of nitrogens with one attached hydrogen (secondary N) is 1. The lowest BCUT2D eigenvalue weighted by molar-refractivity contribution is -0.160. The molecular formula is C21H28Cl2N2O3. The average molecular weight is 427 g/mol. The highest BCUT2D eigenvalue weighted by atomic mass is 35.5. The fourth-order valence-corrected chi connectivity index (χ4v) is 4.21. The Balaban J connectivity index is 0.00000140. The molecule has 2 aliphatic rings. The SMILES string of the molecule is Cl.Cl.O=C(O)C1(Oc2ccc3ccccc3c2)CCN(C2CCCNC2)CC1. The Bertz CT molecular complexity index is 788. The van der Waals surface area contributed by atoms with Crippen LogP contribution in [-0.4, -0.2) is 53.8 Å². The lowest BCUT2D eigenvalue weighted by Gasteiger charge is -2.43. The van der Waals surface area contributed by atoms with Crippen LogP contribution >= 0.6 is 24.8 Å². The average Bonchev–Trinajstić information content (AvgIpc) is 2.69. The molecule has 2 aromatic carbocycles. The van der Waals surface area contributed by atoms with Gasteiger partial charge in [0, 0.05) is 38.5 Å². The Labute approximate surface area is 178 Å². The van der Waals surface area contributed by atoms with Crippen LogP contribution < -0.4 is 10.1 Å². The van der Waals surface area contributed by atoms with Gasteiger partial charge in [-0.05, 0) is 42.3 Å². The second kappa shape index (κ2) is 9.79. The van der Waals surface area contributed by atoms with Crippen molar-refractivity contribution in [1.82, 2.24) is 10.2 Å². The van der Waals surface area contributed by atoms with Crippen LogP contribution in [-0.2, 0) is 4.79 Å². The second-order valence-electron chi connectivity index (χ2n) is 7.45. The summed E-state index contributed by atoms with van der Waals surface area (Å²) in [5.41, 5.74) is -1.12. The lowest BCUT2D eigenvalue weighted by Crippen LogP contribution is -2.57. The number of hydrogen-bond acceptors (Lipinski definition) is 4. The number of halogens is 2. The number of likely N-dealkylation sites (tertiary alicyclic amines) is 1. The minimum atomic E-state index is -1.12. The summed E-state index contributed by atoms with van der Waals surface area (Å²) in [5.74, 6) is -0.217. The molecule has 0 bridgehead atoms. The summed E-state index contributed by atoms with van der Waals surface area (Å²) in [6.45, 7) is 3.64. The number of aliphatic carboxylic acids is 1. The predicted molar refractivity (Wildman–Crippen MR) is 116 cm³/mol. The van der Waals surface area contributed by atoms with Crippen molar-refractivity contribution < 1.29 is 14.6 Å². The lowest BCUT2D eigenvalue weighted by atomic mass is 9.89. The van der Waals surface area contributed by atoms with E-state index in [1.54, 1.807) is 0 Å². The van der Waals surface area contributed by atoms with Crippen molar-refractivity contribution >= 4 is 41.6 Å². The van der Waals surface area contributed by atoms with Gasteiger partial charge in [0.2, 0.25) is 5.60 Å². The highest BCUT2D eigenvalue weighted by molar-refractivity contribution is 5.86. The third-order valence-corrected chi connectivity index (χ3v) is 5.82. The molecule has 2 fully saturated rings. The summed E-state index contributed by atoms with van der Waals surface area (Å²) in [5, 5.41) is 15.5. The monoisotopic (exact) mass is 426 g/mol. The Hall–Kier alpha value is -1.53. The van der Waals surface area contributed by atoms with E-state index in [1.165, 1.54) is 12.8 Å². The van der Waals surface area contributed by atoms with Gasteiger partial charge in [0.15, 0.2) is 0 Å². The molecule has 154 valence electrons. The molecule has 0 spiro atoms. The van der Waals surface area contributed by atoms with Gasteiger partial charge in [-0.1, -0.05) is 30.3 Å². The first kappa shape index (κ1) is 22.8. The summed E-state index contributed by atoms with van der Waals surface area (Å²) in [4.78, 5) is 14.5. The normalized spacial score (nSPS) is 21.9. The van der Waals surface area contributed by atoms with E-state index in [9.17, 15) is 9.90 Å². The minimum absolute atomic E-state index is 0. The molecule has 2 aromatic rings. The first-order chi connectivity index (χ1) is 12.7. The number of fused-ring (bicyclic) bond motifs is 1. The number of carbonyl (C=O) groups is 1. The number of piperidine rings is 2. The van der Waals surface area contributed by atoms with E-state index in [1.807, 2.05) is 42.5 Å². The molecule has 2 heterocycles. The molecular weight excluding hydrogens is 399 g/mol. The standard InChI is InChI=1S/C21H26N2O3.2ClH/c24-20(25)21(9-12-23(13-10-21)18-6-3-11-22-15-18)26-19-8-7-16-4-1-2-5-17(16)14-19;;/h1-2,4-5,7-8,14,18,22H,3,6,9-13,15H2,(H,24,25);2*1H. The fraction of sp³-hybridized carbons (Fsp3) is 0.476. The number of hydrogen-bond donors (Lipinski definition) is 2. The Kier molecular flexibility index (Phi) is 7.96. The van der Waals surface area contributed by atoms with Gasteiger partial charge in [-0.2, -0.15) is 0 Å². The molecule has 1 unspecified atom stereocenters. The van der Waals surface area contributed by atoms with Gasteiger partial charge < -0.3 is 15.2 Å². The van der Waals surface area contributed by atoms with E-state index >= 15 is 0 Å². The molecule has 28 heavy (non-hydrogen) atoms. The summed E-state index contributed by atoms with van der Waals surface area (Å²) >= 11 is 0. The van der Waals surface area contributed by atoms with E-state index in [0.717, 1.165) is 37.0 Å². The van der Waals surface area contributed by atoms with Gasteiger partial charge in [0.05, 0.1) is 0 Å². The van der Waals surface area contributed by atoms with Gasteiger partial charge in [-0.3, -0.25) is 4.90 Å². The van der Waals surface area contributed by atoms with Gasteiger partial charge >= 0.3 is 5.97 Å². The summed E-state index contributed by atoms with van der Waals surface area (Å²) in [6, 6.07) is 14.4. The zero-order valence-corrected chi connectivity index (χ0v) is 17.4. The van der Waals surface area contributed by atoms with Crippen LogP contribution in [0.4, 0.5) is 0 Å². The molecule has 0 aromatic heterocycles. The molecule has 0 amide bonds. The van der Waals surface area contributed by atoms with Gasteiger partial charge in [-0.25, -0.2) is 4.79 Å². The largest absolute Gasteiger partial charge is 0.478 e. The maximum absolute atomic E-state index is 12.1. The van der Waals surface area contributed by atoms with Crippen LogP contribution in [0.3, 0.4) is 0 Å². The number of nitrogens with zero attached hydrogens (tertiary/aromatic N) is 1. The van der Waals surface area contributed by atoms with Crippen molar-refractivity contribution in [3.8, 4) is 5.75 Å². The van der Waals surface area contributed by atoms with Crippen molar-refractivity contribution in [3.05, 3.63) is 42.5 Å².